The highest BCUT2D eigenvalue weighted by Crippen LogP contribution is 2.22. The van der Waals surface area contributed by atoms with E-state index < -0.39 is 0 Å². The molecule has 0 aliphatic rings. The molecular formula is C11H19NOS. The highest BCUT2D eigenvalue weighted by Gasteiger charge is 2.15. The molecule has 1 unspecified atom stereocenters. The zero-order chi connectivity index (χ0) is 10.6. The Morgan fingerprint density at radius 1 is 1.50 bits per heavy atom. The second-order valence-corrected chi connectivity index (χ2v) is 4.94. The summed E-state index contributed by atoms with van der Waals surface area (Å²) in [6.45, 7) is 5.51. The number of aliphatic hydroxyl groups excluding tert-OH is 1. The molecule has 0 aliphatic carbocycles. The SMILES string of the molecule is CC(C)C(CO)CN(C)c1cccs1. The van der Waals surface area contributed by atoms with Gasteiger partial charge in [-0.05, 0) is 23.4 Å². The van der Waals surface area contributed by atoms with Crippen LogP contribution in [0.15, 0.2) is 17.5 Å². The van der Waals surface area contributed by atoms with E-state index in [1.807, 2.05) is 0 Å². The molecule has 14 heavy (non-hydrogen) atoms. The summed E-state index contributed by atoms with van der Waals surface area (Å²) in [5.41, 5.74) is 0. The van der Waals surface area contributed by atoms with Gasteiger partial charge in [0.2, 0.25) is 0 Å². The molecule has 0 saturated heterocycles. The molecule has 0 saturated carbocycles. The highest BCUT2D eigenvalue weighted by atomic mass is 32.1. The van der Waals surface area contributed by atoms with E-state index in [4.69, 9.17) is 0 Å². The fourth-order valence-electron chi connectivity index (χ4n) is 1.41. The van der Waals surface area contributed by atoms with Gasteiger partial charge in [0.25, 0.3) is 0 Å². The van der Waals surface area contributed by atoms with E-state index in [-0.39, 0.29) is 6.61 Å². The van der Waals surface area contributed by atoms with Crippen molar-refractivity contribution in [3.8, 4) is 0 Å². The summed E-state index contributed by atoms with van der Waals surface area (Å²) in [7, 11) is 2.08. The molecule has 0 fully saturated rings. The van der Waals surface area contributed by atoms with Crippen molar-refractivity contribution >= 4 is 16.3 Å². The minimum Gasteiger partial charge on any atom is -0.396 e. The number of hydrogen-bond donors (Lipinski definition) is 1. The van der Waals surface area contributed by atoms with E-state index in [2.05, 4.69) is 43.3 Å². The van der Waals surface area contributed by atoms with Crippen molar-refractivity contribution in [2.45, 2.75) is 13.8 Å². The summed E-state index contributed by atoms with van der Waals surface area (Å²) in [6, 6.07) is 4.17. The van der Waals surface area contributed by atoms with Crippen LogP contribution in [0.3, 0.4) is 0 Å². The van der Waals surface area contributed by atoms with Gasteiger partial charge in [0, 0.05) is 26.1 Å². The van der Waals surface area contributed by atoms with E-state index in [1.54, 1.807) is 11.3 Å². The van der Waals surface area contributed by atoms with E-state index in [0.29, 0.717) is 11.8 Å². The molecule has 1 rings (SSSR count). The Bertz CT molecular complexity index is 246. The molecule has 1 aromatic heterocycles. The number of anilines is 1. The maximum absolute atomic E-state index is 9.22. The highest BCUT2D eigenvalue weighted by molar-refractivity contribution is 7.14. The largest absolute Gasteiger partial charge is 0.396 e. The summed E-state index contributed by atoms with van der Waals surface area (Å²) in [5.74, 6) is 0.893. The third kappa shape index (κ3) is 3.00. The lowest BCUT2D eigenvalue weighted by Crippen LogP contribution is -2.30. The second-order valence-electron chi connectivity index (χ2n) is 4.02. The maximum Gasteiger partial charge on any atom is 0.0905 e. The normalized spacial score (nSPS) is 13.2. The quantitative estimate of drug-likeness (QED) is 0.812. The molecule has 0 spiro atoms. The van der Waals surface area contributed by atoms with E-state index in [1.165, 1.54) is 5.00 Å². The number of nitrogens with zero attached hydrogens (tertiary/aromatic N) is 1. The van der Waals surface area contributed by atoms with Gasteiger partial charge < -0.3 is 10.0 Å². The first-order valence-corrected chi connectivity index (χ1v) is 5.88. The van der Waals surface area contributed by atoms with Crippen LogP contribution in [0.25, 0.3) is 0 Å². The first-order chi connectivity index (χ1) is 6.65. The number of hydrogen-bond acceptors (Lipinski definition) is 3. The Kier molecular flexibility index (Phi) is 4.42. The molecule has 0 aromatic carbocycles. The standard InChI is InChI=1S/C11H19NOS/c1-9(2)10(8-13)7-12(3)11-5-4-6-14-11/h4-6,9-10,13H,7-8H2,1-3H3. The fraction of sp³-hybridized carbons (Fsp3) is 0.636. The summed E-state index contributed by atoms with van der Waals surface area (Å²) in [6.07, 6.45) is 0. The summed E-state index contributed by atoms with van der Waals surface area (Å²) >= 11 is 1.74. The molecular weight excluding hydrogens is 194 g/mol. The first kappa shape index (κ1) is 11.5. The minimum atomic E-state index is 0.271. The van der Waals surface area contributed by atoms with Crippen molar-refractivity contribution in [1.82, 2.24) is 0 Å². The monoisotopic (exact) mass is 213 g/mol. The third-order valence-corrected chi connectivity index (χ3v) is 3.55. The van der Waals surface area contributed by atoms with Crippen molar-refractivity contribution in [1.29, 1.82) is 0 Å². The molecule has 1 heterocycles. The van der Waals surface area contributed by atoms with E-state index in [9.17, 15) is 5.11 Å². The number of thiophene rings is 1. The van der Waals surface area contributed by atoms with Crippen LogP contribution in [-0.4, -0.2) is 25.3 Å². The van der Waals surface area contributed by atoms with Gasteiger partial charge in [-0.3, -0.25) is 0 Å². The molecule has 1 N–H and O–H groups in total. The number of aliphatic hydroxyl groups is 1. The van der Waals surface area contributed by atoms with Crippen molar-refractivity contribution < 1.29 is 5.11 Å². The Labute approximate surface area is 90.2 Å². The van der Waals surface area contributed by atoms with Crippen molar-refractivity contribution in [2.24, 2.45) is 11.8 Å². The van der Waals surface area contributed by atoms with Gasteiger partial charge in [-0.1, -0.05) is 13.8 Å². The second kappa shape index (κ2) is 5.37. The smallest absolute Gasteiger partial charge is 0.0905 e. The molecule has 1 aromatic rings. The van der Waals surface area contributed by atoms with E-state index >= 15 is 0 Å². The summed E-state index contributed by atoms with van der Waals surface area (Å²) < 4.78 is 0. The van der Waals surface area contributed by atoms with Gasteiger partial charge in [0.1, 0.15) is 0 Å². The van der Waals surface area contributed by atoms with Gasteiger partial charge in [0.15, 0.2) is 0 Å². The molecule has 80 valence electrons. The lowest BCUT2D eigenvalue weighted by atomic mass is 9.96. The van der Waals surface area contributed by atoms with Crippen LogP contribution >= 0.6 is 11.3 Å². The molecule has 0 amide bonds. The van der Waals surface area contributed by atoms with Crippen LogP contribution in [0.1, 0.15) is 13.8 Å². The average molecular weight is 213 g/mol. The fourth-order valence-corrected chi connectivity index (χ4v) is 2.12. The Morgan fingerprint density at radius 2 is 2.21 bits per heavy atom. The lowest BCUT2D eigenvalue weighted by molar-refractivity contribution is 0.193. The van der Waals surface area contributed by atoms with Crippen LogP contribution in [0.2, 0.25) is 0 Å². The van der Waals surface area contributed by atoms with Gasteiger partial charge in [-0.2, -0.15) is 0 Å². The molecule has 1 atom stereocenters. The molecule has 3 heteroatoms. The van der Waals surface area contributed by atoms with Gasteiger partial charge >= 0.3 is 0 Å². The van der Waals surface area contributed by atoms with Crippen LogP contribution in [0.5, 0.6) is 0 Å². The van der Waals surface area contributed by atoms with Gasteiger partial charge in [-0.25, -0.2) is 0 Å². The first-order valence-electron chi connectivity index (χ1n) is 5.00. The maximum atomic E-state index is 9.22. The molecule has 0 aliphatic heterocycles. The van der Waals surface area contributed by atoms with Crippen molar-refractivity contribution in [3.05, 3.63) is 17.5 Å². The topological polar surface area (TPSA) is 23.5 Å². The van der Waals surface area contributed by atoms with Crippen molar-refractivity contribution in [2.75, 3.05) is 25.1 Å². The summed E-state index contributed by atoms with van der Waals surface area (Å²) in [4.78, 5) is 2.21. The zero-order valence-corrected chi connectivity index (χ0v) is 9.92. The summed E-state index contributed by atoms with van der Waals surface area (Å²) in [5, 5.41) is 12.6. The Morgan fingerprint density at radius 3 is 2.64 bits per heavy atom. The van der Waals surface area contributed by atoms with E-state index in [0.717, 1.165) is 6.54 Å². The Balaban J connectivity index is 2.51. The molecule has 0 radical (unpaired) electrons. The van der Waals surface area contributed by atoms with Crippen LogP contribution < -0.4 is 4.90 Å². The minimum absolute atomic E-state index is 0.271. The predicted octanol–water partition coefficient (Wildman–Crippen LogP) is 2.45. The molecule has 2 nitrogen and oxygen atoms in total. The average Bonchev–Trinajstić information content (AvgIpc) is 2.65. The van der Waals surface area contributed by atoms with Gasteiger partial charge in [0.05, 0.1) is 5.00 Å². The van der Waals surface area contributed by atoms with Crippen LogP contribution in [-0.2, 0) is 0 Å². The Hall–Kier alpha value is -0.540. The molecule has 0 bridgehead atoms. The van der Waals surface area contributed by atoms with Gasteiger partial charge in [-0.15, -0.1) is 11.3 Å². The third-order valence-electron chi connectivity index (χ3n) is 2.57. The van der Waals surface area contributed by atoms with Crippen LogP contribution in [0.4, 0.5) is 5.00 Å². The number of rotatable bonds is 5. The zero-order valence-electron chi connectivity index (χ0n) is 9.10. The predicted molar refractivity (Wildman–Crippen MR) is 63.0 cm³/mol. The van der Waals surface area contributed by atoms with Crippen LogP contribution in [0, 0.1) is 11.8 Å². The van der Waals surface area contributed by atoms with Crippen molar-refractivity contribution in [3.63, 3.8) is 0 Å². The lowest BCUT2D eigenvalue weighted by Gasteiger charge is -2.25.